The van der Waals surface area contributed by atoms with Gasteiger partial charge in [-0.3, -0.25) is 9.69 Å². The van der Waals surface area contributed by atoms with E-state index in [1.807, 2.05) is 0 Å². The highest BCUT2D eigenvalue weighted by Crippen LogP contribution is 2.19. The lowest BCUT2D eigenvalue weighted by molar-refractivity contribution is -0.134. The molecule has 2 fully saturated rings. The molecular formula is C18H27N3O. The van der Waals surface area contributed by atoms with Crippen LogP contribution < -0.4 is 0 Å². The lowest BCUT2D eigenvalue weighted by atomic mass is 10.1. The second kappa shape index (κ2) is 7.25. The van der Waals surface area contributed by atoms with Gasteiger partial charge in [-0.05, 0) is 32.0 Å². The smallest absolute Gasteiger partial charge is 0.224 e. The van der Waals surface area contributed by atoms with Gasteiger partial charge in [0, 0.05) is 45.2 Å². The number of hydrogen-bond acceptors (Lipinski definition) is 3. The van der Waals surface area contributed by atoms with Crippen molar-refractivity contribution >= 4 is 5.91 Å². The highest BCUT2D eigenvalue weighted by Gasteiger charge is 2.27. The Bertz CT molecular complexity index is 482. The van der Waals surface area contributed by atoms with Crippen LogP contribution in [0.3, 0.4) is 0 Å². The average molecular weight is 301 g/mol. The number of hydrogen-bond donors (Lipinski definition) is 0. The molecule has 0 radical (unpaired) electrons. The molecule has 1 aromatic rings. The molecule has 3 rings (SSSR count). The fraction of sp³-hybridized carbons (Fsp3) is 0.611. The lowest BCUT2D eigenvalue weighted by Gasteiger charge is -2.35. The summed E-state index contributed by atoms with van der Waals surface area (Å²) in [6.07, 6.45) is 3.12. The molecule has 0 aliphatic carbocycles. The minimum atomic E-state index is 0.345. The van der Waals surface area contributed by atoms with E-state index in [-0.39, 0.29) is 0 Å². The van der Waals surface area contributed by atoms with Crippen molar-refractivity contribution in [1.29, 1.82) is 0 Å². The predicted molar refractivity (Wildman–Crippen MR) is 88.6 cm³/mol. The first kappa shape index (κ1) is 15.5. The molecule has 0 aromatic heterocycles. The van der Waals surface area contributed by atoms with Gasteiger partial charge in [0.05, 0.1) is 0 Å². The molecule has 1 aromatic carbocycles. The monoisotopic (exact) mass is 301 g/mol. The summed E-state index contributed by atoms with van der Waals surface area (Å²) < 4.78 is 0. The number of carbonyl (C=O) groups excluding carboxylic acids is 1. The second-order valence-corrected chi connectivity index (χ2v) is 6.62. The number of piperazine rings is 1. The molecule has 0 N–H and O–H groups in total. The molecule has 2 heterocycles. The van der Waals surface area contributed by atoms with Gasteiger partial charge >= 0.3 is 0 Å². The SMILES string of the molecule is CN1CCCC1CC(=O)N1CCN(Cc2ccccc2)CC1. The van der Waals surface area contributed by atoms with Gasteiger partial charge in [0.25, 0.3) is 0 Å². The summed E-state index contributed by atoms with van der Waals surface area (Å²) in [5, 5.41) is 0. The molecule has 120 valence electrons. The van der Waals surface area contributed by atoms with E-state index >= 15 is 0 Å². The number of amides is 1. The molecule has 0 spiro atoms. The molecule has 2 aliphatic heterocycles. The Morgan fingerprint density at radius 2 is 1.82 bits per heavy atom. The van der Waals surface area contributed by atoms with Crippen molar-refractivity contribution in [2.75, 3.05) is 39.8 Å². The van der Waals surface area contributed by atoms with E-state index < -0.39 is 0 Å². The molecule has 0 bridgehead atoms. The fourth-order valence-electron chi connectivity index (χ4n) is 3.56. The van der Waals surface area contributed by atoms with Gasteiger partial charge in [0.15, 0.2) is 0 Å². The number of carbonyl (C=O) groups is 1. The van der Waals surface area contributed by atoms with Crippen molar-refractivity contribution in [2.45, 2.75) is 31.8 Å². The summed E-state index contributed by atoms with van der Waals surface area (Å²) in [4.78, 5) is 19.3. The first-order chi connectivity index (χ1) is 10.7. The number of rotatable bonds is 4. The van der Waals surface area contributed by atoms with E-state index in [0.717, 1.165) is 39.3 Å². The number of benzene rings is 1. The van der Waals surface area contributed by atoms with Crippen LogP contribution in [0.2, 0.25) is 0 Å². The summed E-state index contributed by atoms with van der Waals surface area (Å²) in [5.41, 5.74) is 1.36. The zero-order chi connectivity index (χ0) is 15.4. The van der Waals surface area contributed by atoms with E-state index in [2.05, 4.69) is 52.1 Å². The molecule has 22 heavy (non-hydrogen) atoms. The maximum Gasteiger partial charge on any atom is 0.224 e. The van der Waals surface area contributed by atoms with Crippen LogP contribution in [0.5, 0.6) is 0 Å². The van der Waals surface area contributed by atoms with Crippen molar-refractivity contribution in [3.63, 3.8) is 0 Å². The summed E-state index contributed by atoms with van der Waals surface area (Å²) >= 11 is 0. The summed E-state index contributed by atoms with van der Waals surface area (Å²) in [5.74, 6) is 0.345. The zero-order valence-corrected chi connectivity index (χ0v) is 13.6. The van der Waals surface area contributed by atoms with Gasteiger partial charge in [0.2, 0.25) is 5.91 Å². The Labute approximate surface area is 133 Å². The van der Waals surface area contributed by atoms with Crippen LogP contribution in [0.1, 0.15) is 24.8 Å². The molecule has 4 heteroatoms. The minimum Gasteiger partial charge on any atom is -0.340 e. The molecule has 1 amide bonds. The van der Waals surface area contributed by atoms with Gasteiger partial charge in [-0.1, -0.05) is 30.3 Å². The highest BCUT2D eigenvalue weighted by atomic mass is 16.2. The van der Waals surface area contributed by atoms with E-state index in [0.29, 0.717) is 18.4 Å². The zero-order valence-electron chi connectivity index (χ0n) is 13.6. The normalized spacial score (nSPS) is 23.9. The molecule has 2 aliphatic rings. The van der Waals surface area contributed by atoms with Gasteiger partial charge in [-0.2, -0.15) is 0 Å². The third-order valence-corrected chi connectivity index (χ3v) is 5.06. The number of likely N-dealkylation sites (tertiary alicyclic amines) is 1. The van der Waals surface area contributed by atoms with Crippen molar-refractivity contribution in [3.8, 4) is 0 Å². The minimum absolute atomic E-state index is 0.345. The third-order valence-electron chi connectivity index (χ3n) is 5.06. The Balaban J connectivity index is 1.44. The molecule has 1 unspecified atom stereocenters. The maximum absolute atomic E-state index is 12.4. The van der Waals surface area contributed by atoms with E-state index in [1.165, 1.54) is 18.4 Å². The summed E-state index contributed by atoms with van der Waals surface area (Å²) in [6.45, 7) is 5.86. The highest BCUT2D eigenvalue weighted by molar-refractivity contribution is 5.77. The van der Waals surface area contributed by atoms with Crippen LogP contribution in [0, 0.1) is 0 Å². The first-order valence-corrected chi connectivity index (χ1v) is 8.46. The second-order valence-electron chi connectivity index (χ2n) is 6.62. The topological polar surface area (TPSA) is 26.8 Å². The summed E-state index contributed by atoms with van der Waals surface area (Å²) in [7, 11) is 2.14. The molecule has 2 saturated heterocycles. The van der Waals surface area contributed by atoms with Crippen LogP contribution in [-0.4, -0.2) is 66.4 Å². The van der Waals surface area contributed by atoms with Gasteiger partial charge in [-0.25, -0.2) is 0 Å². The Hall–Kier alpha value is -1.39. The lowest BCUT2D eigenvalue weighted by Crippen LogP contribution is -2.49. The van der Waals surface area contributed by atoms with Gasteiger partial charge < -0.3 is 9.80 Å². The maximum atomic E-state index is 12.4. The van der Waals surface area contributed by atoms with E-state index in [9.17, 15) is 4.79 Å². The predicted octanol–water partition coefficient (Wildman–Crippen LogP) is 1.82. The molecule has 4 nitrogen and oxygen atoms in total. The van der Waals surface area contributed by atoms with Crippen LogP contribution in [-0.2, 0) is 11.3 Å². The van der Waals surface area contributed by atoms with Crippen LogP contribution in [0.4, 0.5) is 0 Å². The van der Waals surface area contributed by atoms with E-state index in [1.54, 1.807) is 0 Å². The summed E-state index contributed by atoms with van der Waals surface area (Å²) in [6, 6.07) is 11.1. The molecule has 0 saturated carbocycles. The Morgan fingerprint density at radius 1 is 1.09 bits per heavy atom. The van der Waals surface area contributed by atoms with Crippen molar-refractivity contribution < 1.29 is 4.79 Å². The van der Waals surface area contributed by atoms with Crippen molar-refractivity contribution in [2.24, 2.45) is 0 Å². The van der Waals surface area contributed by atoms with Crippen LogP contribution >= 0.6 is 0 Å². The number of nitrogens with zero attached hydrogens (tertiary/aromatic N) is 3. The third kappa shape index (κ3) is 3.87. The van der Waals surface area contributed by atoms with E-state index in [4.69, 9.17) is 0 Å². The Kier molecular flexibility index (Phi) is 5.11. The first-order valence-electron chi connectivity index (χ1n) is 8.46. The van der Waals surface area contributed by atoms with Gasteiger partial charge in [0.1, 0.15) is 0 Å². The fourth-order valence-corrected chi connectivity index (χ4v) is 3.56. The van der Waals surface area contributed by atoms with Gasteiger partial charge in [-0.15, -0.1) is 0 Å². The average Bonchev–Trinajstić information content (AvgIpc) is 2.94. The largest absolute Gasteiger partial charge is 0.340 e. The molecule has 1 atom stereocenters. The standard InChI is InChI=1S/C18H27N3O/c1-19-9-5-8-17(19)14-18(22)21-12-10-20(11-13-21)15-16-6-3-2-4-7-16/h2-4,6-7,17H,5,8-15H2,1H3. The molecular weight excluding hydrogens is 274 g/mol. The van der Waals surface area contributed by atoms with Crippen LogP contribution in [0.15, 0.2) is 30.3 Å². The Morgan fingerprint density at radius 3 is 2.45 bits per heavy atom. The van der Waals surface area contributed by atoms with Crippen molar-refractivity contribution in [1.82, 2.24) is 14.7 Å². The van der Waals surface area contributed by atoms with Crippen LogP contribution in [0.25, 0.3) is 0 Å². The van der Waals surface area contributed by atoms with Crippen molar-refractivity contribution in [3.05, 3.63) is 35.9 Å². The quantitative estimate of drug-likeness (QED) is 0.849.